The van der Waals surface area contributed by atoms with Gasteiger partial charge in [0.05, 0.1) is 14.2 Å². The predicted molar refractivity (Wildman–Crippen MR) is 117 cm³/mol. The first kappa shape index (κ1) is 21.9. The van der Waals surface area contributed by atoms with Crippen LogP contribution in [0.15, 0.2) is 53.5 Å². The maximum atomic E-state index is 13.0. The quantitative estimate of drug-likeness (QED) is 0.669. The van der Waals surface area contributed by atoms with Gasteiger partial charge in [0.25, 0.3) is 0 Å². The summed E-state index contributed by atoms with van der Waals surface area (Å²) in [6, 6.07) is 10.7. The lowest BCUT2D eigenvalue weighted by molar-refractivity contribution is -0.124. The molecule has 2 aliphatic carbocycles. The number of ketones is 1. The molecule has 0 spiro atoms. The van der Waals surface area contributed by atoms with Gasteiger partial charge in [-0.05, 0) is 56.3 Å². The number of likely N-dealkylation sites (tertiary alicyclic amines) is 1. The van der Waals surface area contributed by atoms with E-state index in [2.05, 4.69) is 35.2 Å². The van der Waals surface area contributed by atoms with Gasteiger partial charge >= 0.3 is 0 Å². The third-order valence-electron chi connectivity index (χ3n) is 6.70. The second-order valence-electron chi connectivity index (χ2n) is 8.42. The molecule has 2 unspecified atom stereocenters. The summed E-state index contributed by atoms with van der Waals surface area (Å²) in [5.74, 6) is 2.87. The molecule has 1 heterocycles. The lowest BCUT2D eigenvalue weighted by Gasteiger charge is -2.33. The van der Waals surface area contributed by atoms with E-state index in [4.69, 9.17) is 9.47 Å². The number of nitrogens with zero attached hydrogens (tertiary/aromatic N) is 1. The van der Waals surface area contributed by atoms with Gasteiger partial charge < -0.3 is 9.47 Å². The molecule has 1 saturated carbocycles. The number of allylic oxidation sites excluding steroid dienone is 3. The van der Waals surface area contributed by atoms with Crippen molar-refractivity contribution in [2.75, 3.05) is 27.3 Å². The highest BCUT2D eigenvalue weighted by Crippen LogP contribution is 2.44. The topological polar surface area (TPSA) is 38.8 Å². The molecular weight excluding hydrogens is 386 g/mol. The molecule has 1 aromatic carbocycles. The van der Waals surface area contributed by atoms with Gasteiger partial charge in [-0.25, -0.2) is 0 Å². The highest BCUT2D eigenvalue weighted by Gasteiger charge is 2.42. The van der Waals surface area contributed by atoms with Crippen molar-refractivity contribution in [3.05, 3.63) is 59.1 Å². The van der Waals surface area contributed by atoms with Crippen LogP contribution in [-0.2, 0) is 20.8 Å². The highest BCUT2D eigenvalue weighted by atomic mass is 35.5. The Kier molecular flexibility index (Phi) is 7.42. The van der Waals surface area contributed by atoms with E-state index in [1.165, 1.54) is 24.0 Å². The van der Waals surface area contributed by atoms with Crippen molar-refractivity contribution >= 4 is 18.2 Å². The normalized spacial score (nSPS) is 25.3. The number of halogens is 1. The zero-order valence-electron chi connectivity index (χ0n) is 17.4. The fraction of sp³-hybridized carbons (Fsp3) is 0.542. The van der Waals surface area contributed by atoms with E-state index in [0.29, 0.717) is 18.1 Å². The van der Waals surface area contributed by atoms with Crippen molar-refractivity contribution in [1.82, 2.24) is 4.90 Å². The molecule has 158 valence electrons. The van der Waals surface area contributed by atoms with E-state index in [0.717, 1.165) is 44.0 Å². The molecule has 0 bridgehead atoms. The van der Waals surface area contributed by atoms with Crippen molar-refractivity contribution in [3.63, 3.8) is 0 Å². The smallest absolute Gasteiger partial charge is 0.156 e. The second-order valence-corrected chi connectivity index (χ2v) is 8.42. The maximum Gasteiger partial charge on any atom is 0.156 e. The molecule has 4 rings (SSSR count). The lowest BCUT2D eigenvalue weighted by atomic mass is 9.85. The van der Waals surface area contributed by atoms with Gasteiger partial charge in [0.2, 0.25) is 0 Å². The van der Waals surface area contributed by atoms with E-state index >= 15 is 0 Å². The number of hydrogen-bond acceptors (Lipinski definition) is 4. The Labute approximate surface area is 180 Å². The van der Waals surface area contributed by atoms with Crippen molar-refractivity contribution in [1.29, 1.82) is 0 Å². The number of benzene rings is 1. The first-order valence-electron chi connectivity index (χ1n) is 10.5. The number of rotatable bonds is 6. The molecule has 2 atom stereocenters. The van der Waals surface area contributed by atoms with Crippen LogP contribution < -0.4 is 0 Å². The first-order chi connectivity index (χ1) is 13.7. The van der Waals surface area contributed by atoms with Crippen molar-refractivity contribution < 1.29 is 14.3 Å². The van der Waals surface area contributed by atoms with Gasteiger partial charge in [0, 0.05) is 24.8 Å². The molecule has 2 fully saturated rings. The van der Waals surface area contributed by atoms with E-state index in [9.17, 15) is 4.79 Å². The summed E-state index contributed by atoms with van der Waals surface area (Å²) >= 11 is 0. The first-order valence-corrected chi connectivity index (χ1v) is 10.5. The minimum Gasteiger partial charge on any atom is -0.497 e. The fourth-order valence-electron chi connectivity index (χ4n) is 5.10. The summed E-state index contributed by atoms with van der Waals surface area (Å²) < 4.78 is 10.9. The number of carbonyl (C=O) groups excluding carboxylic acids is 1. The SMILES string of the molecule is COC1=C(OC)CC2C(=O)C(CC3CCN(Cc4ccccc4)CC3)CC2=C1.Cl. The summed E-state index contributed by atoms with van der Waals surface area (Å²) in [6.07, 6.45) is 7.05. The number of hydrogen-bond donors (Lipinski definition) is 0. The summed E-state index contributed by atoms with van der Waals surface area (Å²) in [6.45, 7) is 3.31. The molecule has 1 aliphatic heterocycles. The summed E-state index contributed by atoms with van der Waals surface area (Å²) in [4.78, 5) is 15.6. The van der Waals surface area contributed by atoms with Gasteiger partial charge in [-0.15, -0.1) is 12.4 Å². The predicted octanol–water partition coefficient (Wildman–Crippen LogP) is 4.75. The van der Waals surface area contributed by atoms with Crippen molar-refractivity contribution in [3.8, 4) is 0 Å². The summed E-state index contributed by atoms with van der Waals surface area (Å²) in [7, 11) is 3.33. The number of piperidine rings is 1. The zero-order chi connectivity index (χ0) is 19.5. The van der Waals surface area contributed by atoms with Crippen LogP contribution in [0.25, 0.3) is 0 Å². The van der Waals surface area contributed by atoms with Crippen LogP contribution in [0.1, 0.15) is 37.7 Å². The Morgan fingerprint density at radius 3 is 2.41 bits per heavy atom. The molecule has 0 N–H and O–H groups in total. The minimum absolute atomic E-state index is 0. The van der Waals surface area contributed by atoms with Crippen LogP contribution in [0.3, 0.4) is 0 Å². The van der Waals surface area contributed by atoms with Crippen molar-refractivity contribution in [2.24, 2.45) is 17.8 Å². The van der Waals surface area contributed by atoms with E-state index in [1.807, 2.05) is 6.08 Å². The zero-order valence-corrected chi connectivity index (χ0v) is 18.2. The molecule has 5 heteroatoms. The Bertz CT molecular complexity index is 766. The van der Waals surface area contributed by atoms with Gasteiger partial charge in [-0.3, -0.25) is 9.69 Å². The Hall–Kier alpha value is -1.78. The van der Waals surface area contributed by atoms with Crippen LogP contribution in [-0.4, -0.2) is 38.0 Å². The van der Waals surface area contributed by atoms with Gasteiger partial charge in [-0.2, -0.15) is 0 Å². The van der Waals surface area contributed by atoms with Crippen LogP contribution in [0, 0.1) is 17.8 Å². The van der Waals surface area contributed by atoms with Gasteiger partial charge in [0.15, 0.2) is 5.76 Å². The number of ether oxygens (including phenoxy) is 2. The molecule has 0 aromatic heterocycles. The van der Waals surface area contributed by atoms with Crippen molar-refractivity contribution in [2.45, 2.75) is 38.6 Å². The second kappa shape index (κ2) is 9.82. The average molecular weight is 418 g/mol. The summed E-state index contributed by atoms with van der Waals surface area (Å²) in [5, 5.41) is 0. The molecular formula is C24H32ClNO3. The van der Waals surface area contributed by atoms with E-state index in [-0.39, 0.29) is 24.2 Å². The van der Waals surface area contributed by atoms with Gasteiger partial charge in [-0.1, -0.05) is 35.9 Å². The standard InChI is InChI=1S/C24H31NO3.ClH/c1-27-22-14-19-13-20(24(26)21(19)15-23(22)28-2)12-17-8-10-25(11-9-17)16-18-6-4-3-5-7-18;/h3-7,14,17,20-21H,8-13,15-16H2,1-2H3;1H. The number of fused-ring (bicyclic) bond motifs is 1. The Morgan fingerprint density at radius 2 is 1.76 bits per heavy atom. The molecule has 29 heavy (non-hydrogen) atoms. The van der Waals surface area contributed by atoms with E-state index in [1.54, 1.807) is 14.2 Å². The Balaban J connectivity index is 0.00000240. The van der Waals surface area contributed by atoms with Crippen LogP contribution in [0.2, 0.25) is 0 Å². The van der Waals surface area contributed by atoms with Gasteiger partial charge in [0.1, 0.15) is 11.5 Å². The van der Waals surface area contributed by atoms with E-state index < -0.39 is 0 Å². The third kappa shape index (κ3) is 4.87. The lowest BCUT2D eigenvalue weighted by Crippen LogP contribution is -2.34. The largest absolute Gasteiger partial charge is 0.497 e. The maximum absolute atomic E-state index is 13.0. The average Bonchev–Trinajstić information content (AvgIpc) is 3.03. The number of Topliss-reactive ketones (excluding diaryl/α,β-unsaturated/α-hetero) is 1. The van der Waals surface area contributed by atoms with Crippen LogP contribution >= 0.6 is 12.4 Å². The summed E-state index contributed by atoms with van der Waals surface area (Å²) in [5.41, 5.74) is 2.63. The molecule has 4 nitrogen and oxygen atoms in total. The third-order valence-corrected chi connectivity index (χ3v) is 6.70. The monoisotopic (exact) mass is 417 g/mol. The minimum atomic E-state index is 0. The number of methoxy groups -OCH3 is 2. The Morgan fingerprint density at radius 1 is 1.03 bits per heavy atom. The van der Waals surface area contributed by atoms with Crippen LogP contribution in [0.5, 0.6) is 0 Å². The molecule has 1 saturated heterocycles. The highest BCUT2D eigenvalue weighted by molar-refractivity contribution is 5.90. The number of carbonyl (C=O) groups is 1. The molecule has 1 aromatic rings. The fourth-order valence-corrected chi connectivity index (χ4v) is 5.10. The molecule has 0 amide bonds. The molecule has 0 radical (unpaired) electrons. The van der Waals surface area contributed by atoms with Crippen LogP contribution in [0.4, 0.5) is 0 Å². The molecule has 3 aliphatic rings.